The zero-order valence-electron chi connectivity index (χ0n) is 6.54. The fourth-order valence-electron chi connectivity index (χ4n) is 1.27. The van der Waals surface area contributed by atoms with Crippen LogP contribution in [0, 0.1) is 6.92 Å². The minimum absolute atomic E-state index is 0.141. The van der Waals surface area contributed by atoms with Crippen molar-refractivity contribution in [1.29, 1.82) is 0 Å². The molecular weight excluding hydrogens is 138 g/mol. The molecule has 11 heavy (non-hydrogen) atoms. The monoisotopic (exact) mass is 149 g/mol. The summed E-state index contributed by atoms with van der Waals surface area (Å²) in [6, 6.07) is 0. The lowest BCUT2D eigenvalue weighted by Gasteiger charge is -2.08. The normalized spacial score (nSPS) is 19.8. The number of aryl methyl sites for hydroxylation is 1. The number of hydrogen-bond donors (Lipinski definition) is 1. The number of rotatable bonds is 1. The van der Waals surface area contributed by atoms with Gasteiger partial charge in [0.25, 0.3) is 0 Å². The van der Waals surface area contributed by atoms with Crippen molar-refractivity contribution in [2.24, 2.45) is 5.73 Å². The van der Waals surface area contributed by atoms with Crippen LogP contribution in [-0.4, -0.2) is 9.97 Å². The highest BCUT2D eigenvalue weighted by Crippen LogP contribution is 2.42. The van der Waals surface area contributed by atoms with Crippen molar-refractivity contribution < 1.29 is 0 Å². The maximum Gasteiger partial charge on any atom is 0.0814 e. The van der Waals surface area contributed by atoms with E-state index in [1.54, 1.807) is 12.4 Å². The SMILES string of the molecule is Cc1nccnc1C1(N)CC1. The molecule has 0 unspecified atom stereocenters. The third-order valence-corrected chi connectivity index (χ3v) is 2.14. The van der Waals surface area contributed by atoms with E-state index in [0.29, 0.717) is 0 Å². The zero-order chi connectivity index (χ0) is 7.90. The summed E-state index contributed by atoms with van der Waals surface area (Å²) < 4.78 is 0. The van der Waals surface area contributed by atoms with Gasteiger partial charge in [0.2, 0.25) is 0 Å². The highest BCUT2D eigenvalue weighted by molar-refractivity contribution is 5.25. The molecule has 1 heterocycles. The second-order valence-corrected chi connectivity index (χ2v) is 3.15. The molecule has 0 radical (unpaired) electrons. The van der Waals surface area contributed by atoms with Crippen molar-refractivity contribution in [3.63, 3.8) is 0 Å². The molecule has 1 saturated carbocycles. The molecular formula is C8H11N3. The molecule has 1 aliphatic carbocycles. The first-order valence-corrected chi connectivity index (χ1v) is 3.79. The Bertz CT molecular complexity index is 278. The average molecular weight is 149 g/mol. The summed E-state index contributed by atoms with van der Waals surface area (Å²) in [4.78, 5) is 8.37. The fourth-order valence-corrected chi connectivity index (χ4v) is 1.27. The van der Waals surface area contributed by atoms with E-state index in [0.717, 1.165) is 24.2 Å². The van der Waals surface area contributed by atoms with Gasteiger partial charge in [0.1, 0.15) is 0 Å². The van der Waals surface area contributed by atoms with Gasteiger partial charge in [0.15, 0.2) is 0 Å². The molecule has 2 rings (SSSR count). The number of nitrogens with two attached hydrogens (primary N) is 1. The van der Waals surface area contributed by atoms with Crippen molar-refractivity contribution in [2.45, 2.75) is 25.3 Å². The Balaban J connectivity index is 2.45. The van der Waals surface area contributed by atoms with Crippen LogP contribution in [0.4, 0.5) is 0 Å². The van der Waals surface area contributed by atoms with Gasteiger partial charge in [-0.3, -0.25) is 9.97 Å². The molecule has 0 amide bonds. The molecule has 3 heteroatoms. The van der Waals surface area contributed by atoms with E-state index in [4.69, 9.17) is 5.73 Å². The Morgan fingerprint density at radius 1 is 1.36 bits per heavy atom. The molecule has 0 saturated heterocycles. The summed E-state index contributed by atoms with van der Waals surface area (Å²) in [6.07, 6.45) is 5.50. The number of hydrogen-bond acceptors (Lipinski definition) is 3. The Morgan fingerprint density at radius 3 is 2.55 bits per heavy atom. The fraction of sp³-hybridized carbons (Fsp3) is 0.500. The summed E-state index contributed by atoms with van der Waals surface area (Å²) in [7, 11) is 0. The van der Waals surface area contributed by atoms with Crippen LogP contribution in [0.15, 0.2) is 12.4 Å². The lowest BCUT2D eigenvalue weighted by Crippen LogP contribution is -2.22. The van der Waals surface area contributed by atoms with Gasteiger partial charge in [0, 0.05) is 12.4 Å². The standard InChI is InChI=1S/C8H11N3/c1-6-7(8(9)2-3-8)11-5-4-10-6/h4-5H,2-3,9H2,1H3. The van der Waals surface area contributed by atoms with Crippen molar-refractivity contribution in [3.05, 3.63) is 23.8 Å². The van der Waals surface area contributed by atoms with Crippen LogP contribution in [0.25, 0.3) is 0 Å². The van der Waals surface area contributed by atoms with Crippen LogP contribution in [0.2, 0.25) is 0 Å². The van der Waals surface area contributed by atoms with E-state index in [-0.39, 0.29) is 5.54 Å². The first kappa shape index (κ1) is 6.73. The van der Waals surface area contributed by atoms with Crippen LogP contribution in [0.1, 0.15) is 24.2 Å². The van der Waals surface area contributed by atoms with Crippen molar-refractivity contribution in [2.75, 3.05) is 0 Å². The summed E-state index contributed by atoms with van der Waals surface area (Å²) in [5, 5.41) is 0. The third kappa shape index (κ3) is 1.01. The largest absolute Gasteiger partial charge is 0.320 e. The first-order chi connectivity index (χ1) is 5.22. The first-order valence-electron chi connectivity index (χ1n) is 3.79. The van der Waals surface area contributed by atoms with Gasteiger partial charge in [-0.1, -0.05) is 0 Å². The van der Waals surface area contributed by atoms with Gasteiger partial charge < -0.3 is 5.73 Å². The van der Waals surface area contributed by atoms with E-state index in [9.17, 15) is 0 Å². The Kier molecular flexibility index (Phi) is 1.23. The predicted molar refractivity (Wildman–Crippen MR) is 41.9 cm³/mol. The average Bonchev–Trinajstić information content (AvgIpc) is 2.70. The van der Waals surface area contributed by atoms with E-state index < -0.39 is 0 Å². The molecule has 3 nitrogen and oxygen atoms in total. The van der Waals surface area contributed by atoms with Gasteiger partial charge in [-0.25, -0.2) is 0 Å². The number of aromatic nitrogens is 2. The van der Waals surface area contributed by atoms with Gasteiger partial charge in [-0.2, -0.15) is 0 Å². The minimum Gasteiger partial charge on any atom is -0.320 e. The molecule has 1 aliphatic rings. The summed E-state index contributed by atoms with van der Waals surface area (Å²) in [6.45, 7) is 1.95. The smallest absolute Gasteiger partial charge is 0.0814 e. The van der Waals surface area contributed by atoms with E-state index in [2.05, 4.69) is 9.97 Å². The number of nitrogens with zero attached hydrogens (tertiary/aromatic N) is 2. The molecule has 2 N–H and O–H groups in total. The Morgan fingerprint density at radius 2 is 2.00 bits per heavy atom. The van der Waals surface area contributed by atoms with Crippen molar-refractivity contribution >= 4 is 0 Å². The third-order valence-electron chi connectivity index (χ3n) is 2.14. The maximum atomic E-state index is 5.97. The molecule has 0 spiro atoms. The van der Waals surface area contributed by atoms with Crippen molar-refractivity contribution in [1.82, 2.24) is 9.97 Å². The van der Waals surface area contributed by atoms with Gasteiger partial charge in [-0.05, 0) is 19.8 Å². The van der Waals surface area contributed by atoms with Crippen LogP contribution >= 0.6 is 0 Å². The lowest BCUT2D eigenvalue weighted by molar-refractivity contribution is 0.691. The van der Waals surface area contributed by atoms with Crippen molar-refractivity contribution in [3.8, 4) is 0 Å². The zero-order valence-corrected chi connectivity index (χ0v) is 6.54. The molecule has 1 aromatic heterocycles. The van der Waals surface area contributed by atoms with Crippen LogP contribution < -0.4 is 5.73 Å². The van der Waals surface area contributed by atoms with Crippen LogP contribution in [0.3, 0.4) is 0 Å². The van der Waals surface area contributed by atoms with E-state index >= 15 is 0 Å². The highest BCUT2D eigenvalue weighted by Gasteiger charge is 2.42. The molecule has 0 aliphatic heterocycles. The highest BCUT2D eigenvalue weighted by atomic mass is 14.9. The van der Waals surface area contributed by atoms with Gasteiger partial charge >= 0.3 is 0 Å². The summed E-state index contributed by atoms with van der Waals surface area (Å²) in [5.74, 6) is 0. The summed E-state index contributed by atoms with van der Waals surface area (Å²) >= 11 is 0. The van der Waals surface area contributed by atoms with Crippen LogP contribution in [0.5, 0.6) is 0 Å². The molecule has 0 aromatic carbocycles. The summed E-state index contributed by atoms with van der Waals surface area (Å²) in [5.41, 5.74) is 7.76. The molecule has 1 aromatic rings. The molecule has 0 bridgehead atoms. The molecule has 0 atom stereocenters. The van der Waals surface area contributed by atoms with Crippen LogP contribution in [-0.2, 0) is 5.54 Å². The lowest BCUT2D eigenvalue weighted by atomic mass is 10.1. The second-order valence-electron chi connectivity index (χ2n) is 3.15. The topological polar surface area (TPSA) is 51.8 Å². The Hall–Kier alpha value is -0.960. The quantitative estimate of drug-likeness (QED) is 0.640. The predicted octanol–water partition coefficient (Wildman–Crippen LogP) is 0.733. The maximum absolute atomic E-state index is 5.97. The molecule has 58 valence electrons. The van der Waals surface area contributed by atoms with E-state index in [1.165, 1.54) is 0 Å². The van der Waals surface area contributed by atoms with E-state index in [1.807, 2.05) is 6.92 Å². The van der Waals surface area contributed by atoms with Gasteiger partial charge in [0.05, 0.1) is 16.9 Å². The van der Waals surface area contributed by atoms with Gasteiger partial charge in [-0.15, -0.1) is 0 Å². The Labute approximate surface area is 65.7 Å². The second kappa shape index (κ2) is 2.01. The minimum atomic E-state index is -0.141. The molecule has 1 fully saturated rings.